The van der Waals surface area contributed by atoms with Crippen molar-refractivity contribution in [3.05, 3.63) is 21.1 Å². The molecule has 1 aromatic heterocycles. The Hall–Kier alpha value is -1.10. The third-order valence-electron chi connectivity index (χ3n) is 1.52. The summed E-state index contributed by atoms with van der Waals surface area (Å²) in [6.45, 7) is 3.96. The molecule has 0 saturated carbocycles. The topological polar surface area (TPSA) is 69.2 Å². The Bertz CT molecular complexity index is 306. The van der Waals surface area contributed by atoms with Crippen LogP contribution in [0.15, 0.2) is 6.07 Å². The summed E-state index contributed by atoms with van der Waals surface area (Å²) >= 11 is 1.29. The zero-order valence-electron chi connectivity index (χ0n) is 6.90. The first-order valence-electron chi connectivity index (χ1n) is 3.56. The Morgan fingerprint density at radius 1 is 1.67 bits per heavy atom. The molecule has 0 aromatic carbocycles. The third-order valence-corrected chi connectivity index (χ3v) is 2.78. The second kappa shape index (κ2) is 3.10. The number of thiophene rings is 1. The summed E-state index contributed by atoms with van der Waals surface area (Å²) < 4.78 is 0. The number of hydrogen-bond donors (Lipinski definition) is 1. The summed E-state index contributed by atoms with van der Waals surface area (Å²) in [7, 11) is 0. The molecule has 0 atom stereocenters. The van der Waals surface area contributed by atoms with Crippen LogP contribution in [0, 0.1) is 10.1 Å². The van der Waals surface area contributed by atoms with E-state index in [1.807, 2.05) is 13.8 Å². The zero-order chi connectivity index (χ0) is 9.30. The number of hydrogen-bond acceptors (Lipinski definition) is 4. The molecule has 1 aromatic rings. The minimum atomic E-state index is -0.447. The normalized spacial score (nSPS) is 10.6. The molecule has 0 saturated heterocycles. The summed E-state index contributed by atoms with van der Waals surface area (Å²) in [5, 5.41) is 10.7. The lowest BCUT2D eigenvalue weighted by Gasteiger charge is -1.95. The molecular weight excluding hydrogens is 176 g/mol. The van der Waals surface area contributed by atoms with Gasteiger partial charge in [0, 0.05) is 10.9 Å². The molecule has 1 rings (SSSR count). The summed E-state index contributed by atoms with van der Waals surface area (Å²) in [5.74, 6) is 0.297. The van der Waals surface area contributed by atoms with Crippen LogP contribution in [0.3, 0.4) is 0 Å². The van der Waals surface area contributed by atoms with Gasteiger partial charge in [0.15, 0.2) is 5.00 Å². The minimum absolute atomic E-state index is 0.0312. The van der Waals surface area contributed by atoms with E-state index < -0.39 is 4.92 Å². The van der Waals surface area contributed by atoms with E-state index in [-0.39, 0.29) is 5.69 Å². The maximum Gasteiger partial charge on any atom is 0.303 e. The third kappa shape index (κ3) is 1.55. The van der Waals surface area contributed by atoms with Gasteiger partial charge in [0.25, 0.3) is 0 Å². The SMILES string of the molecule is CC(C)c1cc([N+](=O)[O-])c(N)s1. The Morgan fingerprint density at radius 2 is 2.25 bits per heavy atom. The number of anilines is 1. The first-order chi connectivity index (χ1) is 5.52. The van der Waals surface area contributed by atoms with Crippen molar-refractivity contribution in [3.8, 4) is 0 Å². The number of nitrogen functional groups attached to an aromatic ring is 1. The van der Waals surface area contributed by atoms with Crippen LogP contribution in [0.4, 0.5) is 10.7 Å². The fourth-order valence-electron chi connectivity index (χ4n) is 0.842. The molecule has 0 unspecified atom stereocenters. The van der Waals surface area contributed by atoms with Gasteiger partial charge in [-0.1, -0.05) is 13.8 Å². The fourth-order valence-corrected chi connectivity index (χ4v) is 1.74. The van der Waals surface area contributed by atoms with Crippen molar-refractivity contribution in [3.63, 3.8) is 0 Å². The van der Waals surface area contributed by atoms with Crippen LogP contribution in [0.25, 0.3) is 0 Å². The van der Waals surface area contributed by atoms with Crippen molar-refractivity contribution < 1.29 is 4.92 Å². The summed E-state index contributed by atoms with van der Waals surface area (Å²) in [6, 6.07) is 1.55. The lowest BCUT2D eigenvalue weighted by molar-refractivity contribution is -0.383. The molecule has 0 fully saturated rings. The van der Waals surface area contributed by atoms with Crippen LogP contribution in [0.5, 0.6) is 0 Å². The van der Waals surface area contributed by atoms with Gasteiger partial charge >= 0.3 is 5.69 Å². The van der Waals surface area contributed by atoms with Gasteiger partial charge in [0.2, 0.25) is 0 Å². The molecule has 12 heavy (non-hydrogen) atoms. The van der Waals surface area contributed by atoms with Gasteiger partial charge in [-0.05, 0) is 5.92 Å². The number of nitro groups is 1. The molecule has 1 heterocycles. The lowest BCUT2D eigenvalue weighted by atomic mass is 10.2. The first kappa shape index (κ1) is 8.99. The molecule has 2 N–H and O–H groups in total. The number of nitrogens with two attached hydrogens (primary N) is 1. The van der Waals surface area contributed by atoms with Crippen LogP contribution < -0.4 is 5.73 Å². The lowest BCUT2D eigenvalue weighted by Crippen LogP contribution is -1.89. The molecule has 0 spiro atoms. The zero-order valence-corrected chi connectivity index (χ0v) is 7.72. The molecule has 0 bridgehead atoms. The van der Waals surface area contributed by atoms with E-state index in [1.165, 1.54) is 11.3 Å². The maximum atomic E-state index is 10.4. The van der Waals surface area contributed by atoms with Crippen molar-refractivity contribution >= 4 is 22.0 Å². The van der Waals surface area contributed by atoms with E-state index in [0.717, 1.165) is 4.88 Å². The Labute approximate surface area is 74.2 Å². The molecule has 0 aliphatic carbocycles. The van der Waals surface area contributed by atoms with Crippen molar-refractivity contribution in [2.45, 2.75) is 19.8 Å². The predicted octanol–water partition coefficient (Wildman–Crippen LogP) is 2.36. The first-order valence-corrected chi connectivity index (χ1v) is 4.37. The molecule has 66 valence electrons. The van der Waals surface area contributed by atoms with Gasteiger partial charge in [-0.3, -0.25) is 10.1 Å². The van der Waals surface area contributed by atoms with Crippen LogP contribution in [0.2, 0.25) is 0 Å². The van der Waals surface area contributed by atoms with Gasteiger partial charge in [0.1, 0.15) is 0 Å². The van der Waals surface area contributed by atoms with Crippen LogP contribution in [-0.2, 0) is 0 Å². The summed E-state index contributed by atoms with van der Waals surface area (Å²) in [5.41, 5.74) is 5.49. The minimum Gasteiger partial charge on any atom is -0.385 e. The summed E-state index contributed by atoms with van der Waals surface area (Å²) in [4.78, 5) is 10.9. The van der Waals surface area contributed by atoms with Gasteiger partial charge in [0.05, 0.1) is 4.92 Å². The average Bonchev–Trinajstić information content (AvgIpc) is 2.30. The molecule has 0 aliphatic rings. The second-order valence-electron chi connectivity index (χ2n) is 2.81. The predicted molar refractivity (Wildman–Crippen MR) is 49.5 cm³/mol. The van der Waals surface area contributed by atoms with Gasteiger partial charge in [-0.2, -0.15) is 0 Å². The maximum absolute atomic E-state index is 10.4. The highest BCUT2D eigenvalue weighted by Crippen LogP contribution is 2.35. The second-order valence-corrected chi connectivity index (χ2v) is 3.93. The summed E-state index contributed by atoms with van der Waals surface area (Å²) in [6.07, 6.45) is 0. The monoisotopic (exact) mass is 186 g/mol. The van der Waals surface area contributed by atoms with E-state index in [1.54, 1.807) is 6.07 Å². The van der Waals surface area contributed by atoms with Gasteiger partial charge in [-0.25, -0.2) is 0 Å². The Balaban J connectivity index is 3.09. The van der Waals surface area contributed by atoms with Crippen LogP contribution in [0.1, 0.15) is 24.6 Å². The quantitative estimate of drug-likeness (QED) is 0.569. The van der Waals surface area contributed by atoms with Gasteiger partial charge < -0.3 is 5.73 Å². The molecular formula is C7H10N2O2S. The van der Waals surface area contributed by atoms with E-state index in [2.05, 4.69) is 0 Å². The average molecular weight is 186 g/mol. The Kier molecular flexibility index (Phi) is 2.32. The van der Waals surface area contributed by atoms with Crippen molar-refractivity contribution in [2.75, 3.05) is 5.73 Å². The largest absolute Gasteiger partial charge is 0.385 e. The molecule has 0 amide bonds. The van der Waals surface area contributed by atoms with Crippen molar-refractivity contribution in [1.29, 1.82) is 0 Å². The van der Waals surface area contributed by atoms with Crippen LogP contribution >= 0.6 is 11.3 Å². The highest BCUT2D eigenvalue weighted by atomic mass is 32.1. The molecule has 4 nitrogen and oxygen atoms in total. The van der Waals surface area contributed by atoms with E-state index in [0.29, 0.717) is 10.9 Å². The fraction of sp³-hybridized carbons (Fsp3) is 0.429. The molecule has 5 heteroatoms. The Morgan fingerprint density at radius 3 is 2.50 bits per heavy atom. The molecule has 0 radical (unpaired) electrons. The van der Waals surface area contributed by atoms with E-state index in [4.69, 9.17) is 5.73 Å². The highest BCUT2D eigenvalue weighted by molar-refractivity contribution is 7.16. The van der Waals surface area contributed by atoms with Crippen molar-refractivity contribution in [2.24, 2.45) is 0 Å². The van der Waals surface area contributed by atoms with Crippen LogP contribution in [-0.4, -0.2) is 4.92 Å². The standard InChI is InChI=1S/C7H10N2O2S/c1-4(2)6-3-5(9(10)11)7(8)12-6/h3-4H,8H2,1-2H3. The van der Waals surface area contributed by atoms with E-state index >= 15 is 0 Å². The van der Waals surface area contributed by atoms with Crippen molar-refractivity contribution in [1.82, 2.24) is 0 Å². The van der Waals surface area contributed by atoms with Gasteiger partial charge in [-0.15, -0.1) is 11.3 Å². The molecule has 0 aliphatic heterocycles. The highest BCUT2D eigenvalue weighted by Gasteiger charge is 2.17. The number of nitrogens with zero attached hydrogens (tertiary/aromatic N) is 1. The number of rotatable bonds is 2. The smallest absolute Gasteiger partial charge is 0.303 e. The van der Waals surface area contributed by atoms with E-state index in [9.17, 15) is 10.1 Å².